The highest BCUT2D eigenvalue weighted by Gasteiger charge is 2.19. The second-order valence-corrected chi connectivity index (χ2v) is 8.79. The average Bonchev–Trinajstić information content (AvgIpc) is 3.60. The lowest BCUT2D eigenvalue weighted by atomic mass is 9.98. The first-order valence-electron chi connectivity index (χ1n) is 12.2. The van der Waals surface area contributed by atoms with Crippen molar-refractivity contribution in [3.05, 3.63) is 72.6 Å². The van der Waals surface area contributed by atoms with Gasteiger partial charge in [-0.15, -0.1) is 0 Å². The van der Waals surface area contributed by atoms with Gasteiger partial charge in [-0.25, -0.2) is 14.4 Å². The van der Waals surface area contributed by atoms with Gasteiger partial charge in [0.1, 0.15) is 17.8 Å². The van der Waals surface area contributed by atoms with E-state index in [1.54, 1.807) is 13.3 Å². The van der Waals surface area contributed by atoms with E-state index in [-0.39, 0.29) is 12.5 Å². The number of amides is 1. The minimum absolute atomic E-state index is 0.0212. The Bertz CT molecular complexity index is 1230. The highest BCUT2D eigenvalue weighted by atomic mass is 19.1. The van der Waals surface area contributed by atoms with E-state index in [9.17, 15) is 9.18 Å². The van der Waals surface area contributed by atoms with Gasteiger partial charge in [0.15, 0.2) is 0 Å². The summed E-state index contributed by atoms with van der Waals surface area (Å²) in [6.45, 7) is 2.67. The monoisotopic (exact) mass is 489 g/mol. The molecule has 0 saturated heterocycles. The molecular formula is C28H32FN5O2. The van der Waals surface area contributed by atoms with Crippen LogP contribution in [0.1, 0.15) is 37.3 Å². The van der Waals surface area contributed by atoms with Crippen LogP contribution in [0.3, 0.4) is 0 Å². The van der Waals surface area contributed by atoms with Crippen molar-refractivity contribution >= 4 is 6.41 Å². The van der Waals surface area contributed by atoms with Crippen molar-refractivity contribution in [2.24, 2.45) is 0 Å². The molecule has 2 unspecified atom stereocenters. The molecule has 0 spiro atoms. The molecule has 36 heavy (non-hydrogen) atoms. The van der Waals surface area contributed by atoms with Gasteiger partial charge in [-0.3, -0.25) is 4.79 Å². The number of methoxy groups -OCH3 is 1. The van der Waals surface area contributed by atoms with Gasteiger partial charge in [-0.1, -0.05) is 55.5 Å². The summed E-state index contributed by atoms with van der Waals surface area (Å²) in [4.78, 5) is 26.0. The lowest BCUT2D eigenvalue weighted by Gasteiger charge is -2.15. The van der Waals surface area contributed by atoms with E-state index in [1.807, 2.05) is 13.1 Å². The van der Waals surface area contributed by atoms with Crippen molar-refractivity contribution in [1.82, 2.24) is 25.3 Å². The summed E-state index contributed by atoms with van der Waals surface area (Å²) in [5.74, 6) is 1.65. The summed E-state index contributed by atoms with van der Waals surface area (Å²) < 4.78 is 19.3. The third kappa shape index (κ3) is 6.26. The second kappa shape index (κ2) is 12.3. The lowest BCUT2D eigenvalue weighted by Crippen LogP contribution is -2.24. The van der Waals surface area contributed by atoms with Crippen molar-refractivity contribution in [2.75, 3.05) is 20.3 Å². The number of aromatic nitrogens is 4. The predicted molar refractivity (Wildman–Crippen MR) is 139 cm³/mol. The number of carbonyl (C=O) groups is 1. The smallest absolute Gasteiger partial charge is 0.207 e. The van der Waals surface area contributed by atoms with Gasteiger partial charge in [-0.05, 0) is 35.1 Å². The molecule has 0 aliphatic heterocycles. The summed E-state index contributed by atoms with van der Waals surface area (Å²) in [6, 6.07) is 16.7. The van der Waals surface area contributed by atoms with Crippen molar-refractivity contribution in [3.8, 4) is 33.6 Å². The van der Waals surface area contributed by atoms with Gasteiger partial charge in [-0.2, -0.15) is 0 Å². The Hall–Kier alpha value is -3.78. The van der Waals surface area contributed by atoms with Crippen LogP contribution in [0.25, 0.3) is 33.6 Å². The van der Waals surface area contributed by atoms with Crippen LogP contribution in [0.5, 0.6) is 0 Å². The highest BCUT2D eigenvalue weighted by molar-refractivity contribution is 5.71. The van der Waals surface area contributed by atoms with Crippen LogP contribution in [0.2, 0.25) is 0 Å². The fourth-order valence-electron chi connectivity index (χ4n) is 4.25. The van der Waals surface area contributed by atoms with Crippen LogP contribution in [-0.4, -0.2) is 52.8 Å². The van der Waals surface area contributed by atoms with E-state index in [2.05, 4.69) is 73.8 Å². The van der Waals surface area contributed by atoms with Gasteiger partial charge in [0.25, 0.3) is 0 Å². The molecule has 0 aliphatic rings. The molecule has 0 radical (unpaired) electrons. The Balaban J connectivity index is 1.42. The van der Waals surface area contributed by atoms with E-state index in [0.29, 0.717) is 19.4 Å². The Morgan fingerprint density at radius 3 is 2.11 bits per heavy atom. The molecular weight excluding hydrogens is 457 g/mol. The van der Waals surface area contributed by atoms with Gasteiger partial charge in [0.05, 0.1) is 30.4 Å². The third-order valence-electron chi connectivity index (χ3n) is 6.33. The zero-order valence-electron chi connectivity index (χ0n) is 20.6. The number of benzene rings is 2. The first-order valence-corrected chi connectivity index (χ1v) is 12.2. The van der Waals surface area contributed by atoms with Crippen LogP contribution in [0.15, 0.2) is 60.9 Å². The molecule has 7 nitrogen and oxygen atoms in total. The normalized spacial score (nSPS) is 12.9. The maximum absolute atomic E-state index is 14.1. The molecule has 0 saturated carbocycles. The zero-order chi connectivity index (χ0) is 25.3. The fourth-order valence-corrected chi connectivity index (χ4v) is 4.25. The second-order valence-electron chi connectivity index (χ2n) is 8.79. The summed E-state index contributed by atoms with van der Waals surface area (Å²) >= 11 is 0. The Kier molecular flexibility index (Phi) is 8.62. The van der Waals surface area contributed by atoms with E-state index in [0.717, 1.165) is 58.1 Å². The van der Waals surface area contributed by atoms with Crippen molar-refractivity contribution < 1.29 is 13.9 Å². The Morgan fingerprint density at radius 2 is 1.53 bits per heavy atom. The molecule has 0 fully saturated rings. The van der Waals surface area contributed by atoms with E-state index in [1.165, 1.54) is 0 Å². The number of imidazole rings is 2. The first kappa shape index (κ1) is 25.3. The van der Waals surface area contributed by atoms with Crippen LogP contribution < -0.4 is 5.32 Å². The number of hydrogen-bond donors (Lipinski definition) is 3. The standard InChI is InChI=1S/C28H32FN5O2/c1-3-19(14-24(29)15-30-18-35)28-32-17-26(34-28)23-10-6-21(7-11-23)20-4-8-22(9-5-20)25-16-31-27(33-25)12-13-36-2/h4-11,16-19,24H,3,12-15H2,1-2H3,(H,30,35)(H,31,33)(H,32,34). The van der Waals surface area contributed by atoms with Crippen molar-refractivity contribution in [2.45, 2.75) is 38.3 Å². The summed E-state index contributed by atoms with van der Waals surface area (Å²) in [5.41, 5.74) is 6.23. The topological polar surface area (TPSA) is 95.7 Å². The SMILES string of the molecule is CCC(CC(F)CNC=O)c1ncc(-c2ccc(-c3ccc(-c4cnc(CCOC)[nH]4)cc3)cc2)[nH]1. The highest BCUT2D eigenvalue weighted by Crippen LogP contribution is 2.29. The number of nitrogens with zero attached hydrogens (tertiary/aromatic N) is 2. The third-order valence-corrected chi connectivity index (χ3v) is 6.33. The van der Waals surface area contributed by atoms with Crippen LogP contribution in [0.4, 0.5) is 4.39 Å². The molecule has 4 aromatic rings. The maximum Gasteiger partial charge on any atom is 0.207 e. The molecule has 188 valence electrons. The molecule has 3 N–H and O–H groups in total. The van der Waals surface area contributed by atoms with Gasteiger partial charge < -0.3 is 20.0 Å². The molecule has 2 atom stereocenters. The van der Waals surface area contributed by atoms with E-state index < -0.39 is 6.17 Å². The number of aromatic amines is 2. The van der Waals surface area contributed by atoms with Crippen molar-refractivity contribution in [1.29, 1.82) is 0 Å². The van der Waals surface area contributed by atoms with E-state index in [4.69, 9.17) is 4.74 Å². The molecule has 2 aromatic carbocycles. The fraction of sp³-hybridized carbons (Fsp3) is 0.321. The lowest BCUT2D eigenvalue weighted by molar-refractivity contribution is -0.109. The number of halogens is 1. The number of rotatable bonds is 13. The number of H-pyrrole nitrogens is 2. The van der Waals surface area contributed by atoms with Gasteiger partial charge in [0, 0.05) is 26.0 Å². The Labute approximate surface area is 210 Å². The Morgan fingerprint density at radius 1 is 0.944 bits per heavy atom. The predicted octanol–water partition coefficient (Wildman–Crippen LogP) is 5.29. The largest absolute Gasteiger partial charge is 0.384 e. The van der Waals surface area contributed by atoms with Crippen LogP contribution >= 0.6 is 0 Å². The number of carbonyl (C=O) groups excluding carboxylic acids is 1. The molecule has 1 amide bonds. The summed E-state index contributed by atoms with van der Waals surface area (Å²) in [5, 5.41) is 2.40. The number of nitrogens with one attached hydrogen (secondary N) is 3. The molecule has 2 aromatic heterocycles. The maximum atomic E-state index is 14.1. The molecule has 2 heterocycles. The zero-order valence-corrected chi connectivity index (χ0v) is 20.6. The van der Waals surface area contributed by atoms with Gasteiger partial charge >= 0.3 is 0 Å². The molecule has 4 rings (SSSR count). The number of alkyl halides is 1. The number of hydrogen-bond acceptors (Lipinski definition) is 4. The van der Waals surface area contributed by atoms with E-state index >= 15 is 0 Å². The van der Waals surface area contributed by atoms with Gasteiger partial charge in [0.2, 0.25) is 6.41 Å². The quantitative estimate of drug-likeness (QED) is 0.222. The number of ether oxygens (including phenoxy) is 1. The minimum Gasteiger partial charge on any atom is -0.384 e. The summed E-state index contributed by atoms with van der Waals surface area (Å²) in [6.07, 6.45) is 4.90. The average molecular weight is 490 g/mol. The summed E-state index contributed by atoms with van der Waals surface area (Å²) in [7, 11) is 1.69. The van der Waals surface area contributed by atoms with Crippen LogP contribution in [-0.2, 0) is 16.0 Å². The molecule has 0 bridgehead atoms. The molecule has 8 heteroatoms. The first-order chi connectivity index (χ1) is 17.6. The van der Waals surface area contributed by atoms with Crippen molar-refractivity contribution in [3.63, 3.8) is 0 Å². The molecule has 0 aliphatic carbocycles. The minimum atomic E-state index is -1.11. The van der Waals surface area contributed by atoms with Crippen LogP contribution in [0, 0.1) is 0 Å².